The van der Waals surface area contributed by atoms with Gasteiger partial charge in [0.05, 0.1) is 12.1 Å². The van der Waals surface area contributed by atoms with E-state index in [4.69, 9.17) is 21.6 Å². The second-order valence-corrected chi connectivity index (χ2v) is 5.28. The summed E-state index contributed by atoms with van der Waals surface area (Å²) in [6, 6.07) is 1.98. The van der Waals surface area contributed by atoms with Crippen LogP contribution in [0.1, 0.15) is 17.7 Å². The Hall–Kier alpha value is -0.870. The van der Waals surface area contributed by atoms with Gasteiger partial charge in [-0.2, -0.15) is 5.26 Å². The average molecular weight is 274 g/mol. The van der Waals surface area contributed by atoms with Crippen LogP contribution in [-0.4, -0.2) is 35.5 Å². The molecule has 2 rings (SSSR count). The number of nitriles is 1. The number of nitrogens with zero attached hydrogens (tertiary/aromatic N) is 2. The molecule has 0 unspecified atom stereocenters. The van der Waals surface area contributed by atoms with Crippen molar-refractivity contribution in [1.29, 1.82) is 5.26 Å². The highest BCUT2D eigenvalue weighted by Crippen LogP contribution is 2.31. The van der Waals surface area contributed by atoms with Gasteiger partial charge in [0, 0.05) is 13.2 Å². The van der Waals surface area contributed by atoms with Gasteiger partial charge in [-0.15, -0.1) is 0 Å². The summed E-state index contributed by atoms with van der Waals surface area (Å²) in [7, 11) is 0. The third-order valence-corrected chi connectivity index (χ3v) is 4.07. The molecule has 0 aliphatic carbocycles. The van der Waals surface area contributed by atoms with Crippen LogP contribution in [0, 0.1) is 11.3 Å². The summed E-state index contributed by atoms with van der Waals surface area (Å²) in [4.78, 5) is 4.45. The summed E-state index contributed by atoms with van der Waals surface area (Å²) < 4.78 is 5.27. The van der Waals surface area contributed by atoms with Gasteiger partial charge in [-0.25, -0.2) is 4.98 Å². The Labute approximate surface area is 108 Å². The smallest absolute Gasteiger partial charge is 0.185 e. The Morgan fingerprint density at radius 3 is 2.82 bits per heavy atom. The van der Waals surface area contributed by atoms with Gasteiger partial charge in [-0.1, -0.05) is 22.9 Å². The predicted molar refractivity (Wildman–Crippen MR) is 65.3 cm³/mol. The molecule has 2 heterocycles. The Kier molecular flexibility index (Phi) is 3.84. The molecule has 0 aromatic carbocycles. The number of hydrogen-bond donors (Lipinski definition) is 2. The van der Waals surface area contributed by atoms with Crippen molar-refractivity contribution in [1.82, 2.24) is 4.98 Å². The average Bonchev–Trinajstić information content (AvgIpc) is 2.70. The number of hydrogen-bond acceptors (Lipinski definition) is 6. The van der Waals surface area contributed by atoms with Crippen LogP contribution in [0.15, 0.2) is 0 Å². The van der Waals surface area contributed by atoms with Gasteiger partial charge < -0.3 is 15.2 Å². The topological polar surface area (TPSA) is 78.2 Å². The van der Waals surface area contributed by atoms with Gasteiger partial charge in [0.25, 0.3) is 0 Å². The number of aliphatic hydroxyl groups excluding tert-OH is 1. The standard InChI is InChI=1S/C10H12ClN3O2S/c11-8-7(5-12)17-9(13-8)14-10(6-15)1-3-16-4-2-10/h15H,1-4,6H2,(H,13,14). The highest BCUT2D eigenvalue weighted by Gasteiger charge is 2.32. The molecule has 2 N–H and O–H groups in total. The first-order valence-corrected chi connectivity index (χ1v) is 6.42. The van der Waals surface area contributed by atoms with Gasteiger partial charge in [0.15, 0.2) is 10.3 Å². The molecule has 0 saturated carbocycles. The fourth-order valence-corrected chi connectivity index (χ4v) is 2.80. The largest absolute Gasteiger partial charge is 0.394 e. The van der Waals surface area contributed by atoms with Gasteiger partial charge >= 0.3 is 0 Å². The van der Waals surface area contributed by atoms with E-state index in [2.05, 4.69) is 10.3 Å². The normalized spacial score (nSPS) is 18.6. The van der Waals surface area contributed by atoms with Crippen molar-refractivity contribution in [3.8, 4) is 6.07 Å². The molecule has 0 amide bonds. The number of nitrogens with one attached hydrogen (secondary N) is 1. The molecular formula is C10H12ClN3O2S. The van der Waals surface area contributed by atoms with E-state index in [0.29, 0.717) is 36.1 Å². The fraction of sp³-hybridized carbons (Fsp3) is 0.600. The first-order chi connectivity index (χ1) is 8.19. The maximum Gasteiger partial charge on any atom is 0.185 e. The van der Waals surface area contributed by atoms with Gasteiger partial charge in [-0.05, 0) is 12.8 Å². The minimum atomic E-state index is -0.411. The van der Waals surface area contributed by atoms with Gasteiger partial charge in [0.2, 0.25) is 0 Å². The molecule has 0 spiro atoms. The summed E-state index contributed by atoms with van der Waals surface area (Å²) in [6.45, 7) is 1.23. The summed E-state index contributed by atoms with van der Waals surface area (Å²) in [5.41, 5.74) is -0.411. The number of rotatable bonds is 3. The second-order valence-electron chi connectivity index (χ2n) is 3.93. The molecule has 5 nitrogen and oxygen atoms in total. The van der Waals surface area contributed by atoms with Crippen LogP contribution in [0.4, 0.5) is 5.13 Å². The maximum absolute atomic E-state index is 9.50. The first kappa shape index (κ1) is 12.6. The van der Waals surface area contributed by atoms with Crippen molar-refractivity contribution in [3.63, 3.8) is 0 Å². The van der Waals surface area contributed by atoms with Crippen molar-refractivity contribution in [3.05, 3.63) is 10.0 Å². The number of aromatic nitrogens is 1. The lowest BCUT2D eigenvalue weighted by Gasteiger charge is -2.36. The molecule has 0 bridgehead atoms. The maximum atomic E-state index is 9.50. The van der Waals surface area contributed by atoms with Crippen LogP contribution in [-0.2, 0) is 4.74 Å². The molecule has 1 aromatic heterocycles. The Morgan fingerprint density at radius 1 is 1.59 bits per heavy atom. The zero-order valence-corrected chi connectivity index (χ0v) is 10.6. The molecule has 0 radical (unpaired) electrons. The van der Waals surface area contributed by atoms with Crippen LogP contribution >= 0.6 is 22.9 Å². The Bertz CT molecular complexity index is 437. The van der Waals surface area contributed by atoms with E-state index in [9.17, 15) is 5.11 Å². The monoisotopic (exact) mass is 273 g/mol. The highest BCUT2D eigenvalue weighted by atomic mass is 35.5. The van der Waals surface area contributed by atoms with Crippen molar-refractivity contribution in [2.24, 2.45) is 0 Å². The first-order valence-electron chi connectivity index (χ1n) is 5.22. The third kappa shape index (κ3) is 2.69. The number of ether oxygens (including phenoxy) is 1. The minimum Gasteiger partial charge on any atom is -0.394 e. The molecule has 1 aliphatic rings. The van der Waals surface area contributed by atoms with Crippen LogP contribution in [0.5, 0.6) is 0 Å². The molecule has 17 heavy (non-hydrogen) atoms. The molecule has 1 saturated heterocycles. The number of anilines is 1. The van der Waals surface area contributed by atoms with Crippen LogP contribution in [0.25, 0.3) is 0 Å². The van der Waals surface area contributed by atoms with Crippen LogP contribution < -0.4 is 5.32 Å². The lowest BCUT2D eigenvalue weighted by Crippen LogP contribution is -2.46. The van der Waals surface area contributed by atoms with Crippen LogP contribution in [0.2, 0.25) is 5.15 Å². The number of halogens is 1. The quantitative estimate of drug-likeness (QED) is 0.875. The minimum absolute atomic E-state index is 0.00937. The van der Waals surface area contributed by atoms with E-state index < -0.39 is 5.54 Å². The van der Waals surface area contributed by atoms with Crippen molar-refractivity contribution >= 4 is 28.1 Å². The predicted octanol–water partition coefficient (Wildman–Crippen LogP) is 1.62. The second kappa shape index (κ2) is 5.19. The van der Waals surface area contributed by atoms with Gasteiger partial charge in [-0.3, -0.25) is 0 Å². The third-order valence-electron chi connectivity index (χ3n) is 2.81. The zero-order valence-electron chi connectivity index (χ0n) is 9.07. The molecule has 0 atom stereocenters. The molecule has 1 aromatic rings. The molecular weight excluding hydrogens is 262 g/mol. The Balaban J connectivity index is 2.15. The lowest BCUT2D eigenvalue weighted by molar-refractivity contribution is 0.0380. The lowest BCUT2D eigenvalue weighted by atomic mass is 9.91. The number of aliphatic hydroxyl groups is 1. The van der Waals surface area contributed by atoms with Crippen molar-refractivity contribution in [2.75, 3.05) is 25.1 Å². The van der Waals surface area contributed by atoms with E-state index in [-0.39, 0.29) is 11.8 Å². The highest BCUT2D eigenvalue weighted by molar-refractivity contribution is 7.16. The van der Waals surface area contributed by atoms with E-state index in [0.717, 1.165) is 0 Å². The molecule has 1 fully saturated rings. The zero-order chi connectivity index (χ0) is 12.3. The van der Waals surface area contributed by atoms with Crippen molar-refractivity contribution < 1.29 is 9.84 Å². The number of thiazole rings is 1. The van der Waals surface area contributed by atoms with Crippen LogP contribution in [0.3, 0.4) is 0 Å². The SMILES string of the molecule is N#Cc1sc(NC2(CO)CCOCC2)nc1Cl. The van der Waals surface area contributed by atoms with E-state index in [1.54, 1.807) is 0 Å². The fourth-order valence-electron chi connectivity index (χ4n) is 1.74. The Morgan fingerprint density at radius 2 is 2.29 bits per heavy atom. The van der Waals surface area contributed by atoms with E-state index in [1.807, 2.05) is 6.07 Å². The summed E-state index contributed by atoms with van der Waals surface area (Å²) in [5, 5.41) is 22.3. The molecule has 1 aliphatic heterocycles. The summed E-state index contributed by atoms with van der Waals surface area (Å²) in [6.07, 6.45) is 1.42. The summed E-state index contributed by atoms with van der Waals surface area (Å²) in [5.74, 6) is 0. The van der Waals surface area contributed by atoms with Crippen molar-refractivity contribution in [2.45, 2.75) is 18.4 Å². The van der Waals surface area contributed by atoms with E-state index in [1.165, 1.54) is 11.3 Å². The molecule has 92 valence electrons. The molecule has 7 heteroatoms. The van der Waals surface area contributed by atoms with E-state index >= 15 is 0 Å². The van der Waals surface area contributed by atoms with Gasteiger partial charge in [0.1, 0.15) is 10.9 Å². The summed E-state index contributed by atoms with van der Waals surface area (Å²) >= 11 is 7.00.